The van der Waals surface area contributed by atoms with Crippen LogP contribution in [0.15, 0.2) is 46.2 Å². The summed E-state index contributed by atoms with van der Waals surface area (Å²) >= 11 is 0. The third-order valence-electron chi connectivity index (χ3n) is 6.32. The number of rotatable bonds is 8. The van der Waals surface area contributed by atoms with Crippen LogP contribution in [0.25, 0.3) is 0 Å². The zero-order valence-corrected chi connectivity index (χ0v) is 22.1. The summed E-state index contributed by atoms with van der Waals surface area (Å²) < 4.78 is 60.0. The molecular formula is C25H35NO5S2. The van der Waals surface area contributed by atoms with E-state index < -0.39 is 25.1 Å². The summed E-state index contributed by atoms with van der Waals surface area (Å²) in [6.07, 6.45) is 0. The van der Waals surface area contributed by atoms with Crippen molar-refractivity contribution in [3.63, 3.8) is 0 Å². The van der Waals surface area contributed by atoms with Crippen molar-refractivity contribution in [1.29, 1.82) is 0 Å². The van der Waals surface area contributed by atoms with Crippen molar-refractivity contribution < 1.29 is 21.6 Å². The summed E-state index contributed by atoms with van der Waals surface area (Å²) in [6.45, 7) is 12.1. The zero-order valence-electron chi connectivity index (χ0n) is 20.5. The van der Waals surface area contributed by atoms with Crippen LogP contribution in [0.1, 0.15) is 76.0 Å². The molecule has 182 valence electrons. The highest BCUT2D eigenvalue weighted by molar-refractivity contribution is 7.92. The second-order valence-corrected chi connectivity index (χ2v) is 13.8. The first kappa shape index (κ1) is 25.7. The third-order valence-corrected chi connectivity index (χ3v) is 10.4. The second-order valence-electron chi connectivity index (χ2n) is 9.66. The van der Waals surface area contributed by atoms with Gasteiger partial charge in [0.25, 0.3) is 0 Å². The molecule has 0 amide bonds. The third kappa shape index (κ3) is 4.84. The summed E-state index contributed by atoms with van der Waals surface area (Å²) in [6, 6.07) is 10.2. The van der Waals surface area contributed by atoms with E-state index in [2.05, 4.69) is 13.8 Å². The van der Waals surface area contributed by atoms with Crippen LogP contribution >= 0.6 is 0 Å². The van der Waals surface area contributed by atoms with Gasteiger partial charge in [0.05, 0.1) is 22.2 Å². The fraction of sp³-hybridized carbons (Fsp3) is 0.520. The number of sulfone groups is 1. The van der Waals surface area contributed by atoms with Crippen LogP contribution in [0, 0.1) is 0 Å². The first-order chi connectivity index (χ1) is 15.3. The predicted molar refractivity (Wildman–Crippen MR) is 131 cm³/mol. The van der Waals surface area contributed by atoms with E-state index in [-0.39, 0.29) is 35.7 Å². The molecule has 1 aliphatic rings. The Balaban J connectivity index is 1.96. The highest BCUT2D eigenvalue weighted by Gasteiger charge is 2.45. The Kier molecular flexibility index (Phi) is 7.32. The molecular weight excluding hydrogens is 458 g/mol. The quantitative estimate of drug-likeness (QED) is 0.522. The molecule has 1 saturated heterocycles. The Morgan fingerprint density at radius 1 is 0.818 bits per heavy atom. The molecule has 0 aliphatic carbocycles. The number of hydrogen-bond donors (Lipinski definition) is 0. The molecule has 1 aliphatic heterocycles. The lowest BCUT2D eigenvalue weighted by molar-refractivity contribution is 0.309. The van der Waals surface area contributed by atoms with Gasteiger partial charge in [-0.25, -0.2) is 16.8 Å². The Bertz CT molecular complexity index is 1180. The van der Waals surface area contributed by atoms with Crippen molar-refractivity contribution >= 4 is 19.9 Å². The van der Waals surface area contributed by atoms with Crippen LogP contribution in [0.4, 0.5) is 0 Å². The number of methoxy groups -OCH3 is 1. The van der Waals surface area contributed by atoms with E-state index in [1.54, 1.807) is 12.1 Å². The molecule has 1 heterocycles. The van der Waals surface area contributed by atoms with E-state index in [9.17, 15) is 16.8 Å². The monoisotopic (exact) mass is 493 g/mol. The summed E-state index contributed by atoms with van der Waals surface area (Å²) in [5, 5.41) is -0.763. The van der Waals surface area contributed by atoms with Gasteiger partial charge in [0, 0.05) is 13.1 Å². The van der Waals surface area contributed by atoms with Crippen molar-refractivity contribution in [3.8, 4) is 5.75 Å². The van der Waals surface area contributed by atoms with Gasteiger partial charge in [0.15, 0.2) is 9.84 Å². The largest absolute Gasteiger partial charge is 0.497 e. The average Bonchev–Trinajstić information content (AvgIpc) is 2.71. The van der Waals surface area contributed by atoms with E-state index >= 15 is 0 Å². The summed E-state index contributed by atoms with van der Waals surface area (Å²) in [4.78, 5) is 0.523. The van der Waals surface area contributed by atoms with E-state index in [1.807, 2.05) is 39.8 Å². The lowest BCUT2D eigenvalue weighted by Gasteiger charge is -2.38. The minimum atomic E-state index is -3.83. The Morgan fingerprint density at radius 2 is 1.30 bits per heavy atom. The number of hydrogen-bond acceptors (Lipinski definition) is 5. The average molecular weight is 494 g/mol. The molecule has 1 fully saturated rings. The van der Waals surface area contributed by atoms with E-state index in [0.717, 1.165) is 16.7 Å². The summed E-state index contributed by atoms with van der Waals surface area (Å²) in [5.41, 5.74) is 2.71. The highest BCUT2D eigenvalue weighted by atomic mass is 32.2. The molecule has 0 atom stereocenters. The Morgan fingerprint density at radius 3 is 1.70 bits per heavy atom. The lowest BCUT2D eigenvalue weighted by atomic mass is 9.89. The Hall–Kier alpha value is -1.90. The minimum absolute atomic E-state index is 0.0195. The predicted octanol–water partition coefficient (Wildman–Crippen LogP) is 4.91. The maximum atomic E-state index is 13.8. The molecule has 8 heteroatoms. The first-order valence-electron chi connectivity index (χ1n) is 11.4. The minimum Gasteiger partial charge on any atom is -0.497 e. The van der Waals surface area contributed by atoms with Gasteiger partial charge < -0.3 is 4.74 Å². The highest BCUT2D eigenvalue weighted by Crippen LogP contribution is 2.38. The molecule has 2 aromatic rings. The van der Waals surface area contributed by atoms with Crippen molar-refractivity contribution in [2.45, 2.75) is 74.3 Å². The number of ether oxygens (including phenoxy) is 1. The molecule has 0 spiro atoms. The molecule has 0 unspecified atom stereocenters. The van der Waals surface area contributed by atoms with E-state index in [0.29, 0.717) is 10.6 Å². The van der Waals surface area contributed by atoms with Crippen molar-refractivity contribution in [2.75, 3.05) is 20.2 Å². The molecule has 0 bridgehead atoms. The second kappa shape index (κ2) is 9.39. The maximum absolute atomic E-state index is 13.8. The summed E-state index contributed by atoms with van der Waals surface area (Å²) in [7, 11) is -5.95. The van der Waals surface area contributed by atoms with E-state index in [4.69, 9.17) is 4.74 Å². The van der Waals surface area contributed by atoms with Crippen LogP contribution in [0.5, 0.6) is 5.75 Å². The SMILES string of the molecule is COc1ccc(S(=O)(=O)C2CN(S(=O)(=O)c3c(C(C)C)cc(C(C)C)cc3C(C)C)C2)cc1. The van der Waals surface area contributed by atoms with Crippen LogP contribution < -0.4 is 4.74 Å². The fourth-order valence-corrected chi connectivity index (χ4v) is 8.10. The van der Waals surface area contributed by atoms with Gasteiger partial charge in [0.2, 0.25) is 10.0 Å². The van der Waals surface area contributed by atoms with Gasteiger partial charge in [-0.1, -0.05) is 53.7 Å². The van der Waals surface area contributed by atoms with Crippen LogP contribution in [-0.4, -0.2) is 46.6 Å². The molecule has 0 radical (unpaired) electrons. The fourth-order valence-electron chi connectivity index (χ4n) is 4.07. The van der Waals surface area contributed by atoms with Gasteiger partial charge >= 0.3 is 0 Å². The van der Waals surface area contributed by atoms with Crippen molar-refractivity contribution in [1.82, 2.24) is 4.31 Å². The standard InChI is InChI=1S/C25H35NO5S2/c1-16(2)19-12-23(17(3)4)25(24(13-19)18(5)6)33(29,30)26-14-22(15-26)32(27,28)21-10-8-20(31-7)9-11-21/h8-13,16-18,22H,14-15H2,1-7H3. The molecule has 0 aromatic heterocycles. The van der Waals surface area contributed by atoms with Gasteiger partial charge in [0.1, 0.15) is 5.75 Å². The molecule has 2 aromatic carbocycles. The van der Waals surface area contributed by atoms with E-state index in [1.165, 1.54) is 23.5 Å². The Labute approximate surface area is 198 Å². The van der Waals surface area contributed by atoms with Gasteiger partial charge in [-0.05, 0) is 58.7 Å². The maximum Gasteiger partial charge on any atom is 0.243 e. The van der Waals surface area contributed by atoms with Crippen molar-refractivity contribution in [2.24, 2.45) is 0 Å². The zero-order chi connectivity index (χ0) is 24.7. The number of benzene rings is 2. The number of sulfonamides is 1. The van der Waals surface area contributed by atoms with Crippen LogP contribution in [-0.2, 0) is 19.9 Å². The summed E-state index contributed by atoms with van der Waals surface area (Å²) in [5.74, 6) is 0.885. The normalized spacial score (nSPS) is 15.9. The van der Waals surface area contributed by atoms with Gasteiger partial charge in [-0.3, -0.25) is 0 Å². The first-order valence-corrected chi connectivity index (χ1v) is 14.3. The van der Waals surface area contributed by atoms with Crippen LogP contribution in [0.2, 0.25) is 0 Å². The smallest absolute Gasteiger partial charge is 0.243 e. The molecule has 0 saturated carbocycles. The lowest BCUT2D eigenvalue weighted by Crippen LogP contribution is -2.56. The number of nitrogens with zero attached hydrogens (tertiary/aromatic N) is 1. The van der Waals surface area contributed by atoms with Crippen LogP contribution in [0.3, 0.4) is 0 Å². The van der Waals surface area contributed by atoms with Gasteiger partial charge in [-0.2, -0.15) is 4.31 Å². The topological polar surface area (TPSA) is 80.8 Å². The molecule has 6 nitrogen and oxygen atoms in total. The molecule has 3 rings (SSSR count). The van der Waals surface area contributed by atoms with Gasteiger partial charge in [-0.15, -0.1) is 0 Å². The molecule has 33 heavy (non-hydrogen) atoms. The van der Waals surface area contributed by atoms with Crippen molar-refractivity contribution in [3.05, 3.63) is 53.1 Å². The molecule has 0 N–H and O–H groups in total.